The van der Waals surface area contributed by atoms with Crippen LogP contribution in [0.2, 0.25) is 0 Å². The molecule has 0 aromatic carbocycles. The number of amides is 2. The molecule has 206 valence electrons. The molecule has 4 aliphatic rings. The molecule has 0 radical (unpaired) electrons. The normalized spacial score (nSPS) is 35.5. The van der Waals surface area contributed by atoms with E-state index in [2.05, 4.69) is 34.6 Å². The molecule has 0 bridgehead atoms. The van der Waals surface area contributed by atoms with Crippen LogP contribution in [0.25, 0.3) is 0 Å². The molecule has 5 atom stereocenters. The highest BCUT2D eigenvalue weighted by atomic mass is 16.6. The first-order chi connectivity index (χ1) is 17.3. The van der Waals surface area contributed by atoms with Crippen LogP contribution in [0.3, 0.4) is 0 Å². The van der Waals surface area contributed by atoms with Gasteiger partial charge in [-0.2, -0.15) is 0 Å². The van der Waals surface area contributed by atoms with Crippen molar-refractivity contribution in [2.75, 3.05) is 26.3 Å². The van der Waals surface area contributed by atoms with Crippen LogP contribution in [0.1, 0.15) is 73.6 Å². The number of likely N-dealkylation sites (tertiary alicyclic amines) is 1. The predicted molar refractivity (Wildman–Crippen MR) is 139 cm³/mol. The van der Waals surface area contributed by atoms with Gasteiger partial charge in [0.05, 0.1) is 19.1 Å². The highest BCUT2D eigenvalue weighted by Gasteiger charge is 2.75. The molecule has 0 saturated carbocycles. The predicted octanol–water partition coefficient (Wildman–Crippen LogP) is 3.24. The first kappa shape index (κ1) is 27.8. The van der Waals surface area contributed by atoms with Gasteiger partial charge in [0.25, 0.3) is 0 Å². The van der Waals surface area contributed by atoms with Gasteiger partial charge in [-0.1, -0.05) is 52.0 Å². The first-order valence-corrected chi connectivity index (χ1v) is 13.8. The van der Waals surface area contributed by atoms with Crippen molar-refractivity contribution in [2.45, 2.75) is 96.4 Å². The second kappa shape index (κ2) is 9.84. The van der Waals surface area contributed by atoms with Crippen molar-refractivity contribution >= 4 is 17.8 Å². The van der Waals surface area contributed by atoms with Crippen LogP contribution in [0, 0.1) is 17.3 Å². The molecule has 1 unspecified atom stereocenters. The van der Waals surface area contributed by atoms with E-state index in [1.807, 2.05) is 36.1 Å². The summed E-state index contributed by atoms with van der Waals surface area (Å²) >= 11 is 0. The molecule has 4 rings (SSSR count). The number of rotatable bonds is 5. The fraction of sp³-hybridized carbons (Fsp3) is 0.759. The highest BCUT2D eigenvalue weighted by Crippen LogP contribution is 2.58. The Hall–Kier alpha value is -2.19. The van der Waals surface area contributed by atoms with Gasteiger partial charge in [0, 0.05) is 18.6 Å². The highest BCUT2D eigenvalue weighted by molar-refractivity contribution is 5.99. The van der Waals surface area contributed by atoms with Crippen molar-refractivity contribution < 1.29 is 29.0 Å². The van der Waals surface area contributed by atoms with E-state index in [0.29, 0.717) is 19.6 Å². The summed E-state index contributed by atoms with van der Waals surface area (Å²) in [5.74, 6) is -2.79. The zero-order chi connectivity index (χ0) is 27.2. The molecule has 2 fully saturated rings. The molecule has 4 aliphatic heterocycles. The van der Waals surface area contributed by atoms with Crippen LogP contribution < -0.4 is 0 Å². The Kier molecular flexibility index (Phi) is 7.40. The molecule has 1 spiro atoms. The number of carbonyl (C=O) groups excluding carboxylic acids is 3. The van der Waals surface area contributed by atoms with Gasteiger partial charge in [-0.05, 0) is 51.4 Å². The number of allylic oxidation sites excluding steroid dienone is 1. The maximum atomic E-state index is 14.4. The minimum atomic E-state index is -1.33. The SMILES string of the molecule is CC[C@@]12/C=C\CCCCOC(=O)[C@@H]1[C@H]1C(=O)N(CCO)C3C(=O)N(C(C)(C)CC(C)(C)C)CC=C[C@@]31O2. The van der Waals surface area contributed by atoms with E-state index in [4.69, 9.17) is 9.47 Å². The number of β-amino-alcohol motifs (C(OH)–C–C–N with tert-alkyl or cyclic N) is 1. The molecular weight excluding hydrogens is 472 g/mol. The summed E-state index contributed by atoms with van der Waals surface area (Å²) in [6.45, 7) is 12.9. The standard InChI is InChI=1S/C29H44N2O6/c1-7-28-13-10-8-9-11-18-36-25(35)21(28)20-23(33)30(16-17-32)22-24(34)31(15-12-14-29(20,22)37-28)27(5,6)19-26(2,3)4/h10,12-14,20-22,32H,7-9,11,15-19H2,1-6H3/b13-10-/t20-,21-,22?,28+,29-/m0/s1. The third-order valence-electron chi connectivity index (χ3n) is 8.42. The number of ether oxygens (including phenoxy) is 2. The second-order valence-corrected chi connectivity index (χ2v) is 12.8. The molecule has 2 saturated heterocycles. The average molecular weight is 517 g/mol. The minimum Gasteiger partial charge on any atom is -0.465 e. The van der Waals surface area contributed by atoms with E-state index in [1.54, 1.807) is 0 Å². The van der Waals surface area contributed by atoms with Gasteiger partial charge in [0.15, 0.2) is 0 Å². The largest absolute Gasteiger partial charge is 0.465 e. The van der Waals surface area contributed by atoms with Crippen molar-refractivity contribution in [1.29, 1.82) is 0 Å². The van der Waals surface area contributed by atoms with Crippen molar-refractivity contribution in [3.8, 4) is 0 Å². The number of cyclic esters (lactones) is 1. The number of aliphatic hydroxyl groups is 1. The van der Waals surface area contributed by atoms with Crippen molar-refractivity contribution in [2.24, 2.45) is 17.3 Å². The Morgan fingerprint density at radius 1 is 1.03 bits per heavy atom. The van der Waals surface area contributed by atoms with Gasteiger partial charge in [0.1, 0.15) is 23.2 Å². The topological polar surface area (TPSA) is 96.4 Å². The number of aliphatic hydroxyl groups excluding tert-OH is 1. The third-order valence-corrected chi connectivity index (χ3v) is 8.42. The maximum absolute atomic E-state index is 14.4. The fourth-order valence-electron chi connectivity index (χ4n) is 7.32. The second-order valence-electron chi connectivity index (χ2n) is 12.8. The van der Waals surface area contributed by atoms with Crippen LogP contribution in [0.15, 0.2) is 24.3 Å². The summed E-state index contributed by atoms with van der Waals surface area (Å²) < 4.78 is 12.6. The number of carbonyl (C=O) groups is 3. The lowest BCUT2D eigenvalue weighted by atomic mass is 9.73. The summed E-state index contributed by atoms with van der Waals surface area (Å²) in [6.07, 6.45) is 11.4. The molecular formula is C29H44N2O6. The summed E-state index contributed by atoms with van der Waals surface area (Å²) in [7, 11) is 0. The van der Waals surface area contributed by atoms with Gasteiger partial charge in [-0.25, -0.2) is 0 Å². The maximum Gasteiger partial charge on any atom is 0.313 e. The summed E-state index contributed by atoms with van der Waals surface area (Å²) in [5.41, 5.74) is -2.90. The Bertz CT molecular complexity index is 981. The molecule has 37 heavy (non-hydrogen) atoms. The molecule has 1 N–H and O–H groups in total. The Labute approximate surface area is 221 Å². The zero-order valence-electron chi connectivity index (χ0n) is 23.3. The molecule has 0 aliphatic carbocycles. The summed E-state index contributed by atoms with van der Waals surface area (Å²) in [5, 5.41) is 9.88. The number of fused-ring (bicyclic) bond motifs is 2. The van der Waals surface area contributed by atoms with Crippen LogP contribution in [-0.2, 0) is 23.9 Å². The van der Waals surface area contributed by atoms with Gasteiger partial charge in [-0.3, -0.25) is 14.4 Å². The van der Waals surface area contributed by atoms with Crippen LogP contribution in [0.4, 0.5) is 0 Å². The lowest BCUT2D eigenvalue weighted by Crippen LogP contribution is -2.60. The van der Waals surface area contributed by atoms with E-state index >= 15 is 0 Å². The lowest BCUT2D eigenvalue weighted by molar-refractivity contribution is -0.163. The number of hydrogen-bond acceptors (Lipinski definition) is 6. The van der Waals surface area contributed by atoms with Crippen molar-refractivity contribution in [3.63, 3.8) is 0 Å². The molecule has 0 aromatic rings. The van der Waals surface area contributed by atoms with E-state index in [1.165, 1.54) is 4.90 Å². The molecule has 8 nitrogen and oxygen atoms in total. The molecule has 0 aromatic heterocycles. The van der Waals surface area contributed by atoms with Crippen LogP contribution >= 0.6 is 0 Å². The molecule has 2 amide bonds. The van der Waals surface area contributed by atoms with E-state index < -0.39 is 40.6 Å². The van der Waals surface area contributed by atoms with Crippen LogP contribution in [-0.4, -0.2) is 81.8 Å². The quantitative estimate of drug-likeness (QED) is 0.445. The van der Waals surface area contributed by atoms with E-state index in [-0.39, 0.29) is 30.4 Å². The number of hydrogen-bond donors (Lipinski definition) is 1. The van der Waals surface area contributed by atoms with Crippen molar-refractivity contribution in [3.05, 3.63) is 24.3 Å². The van der Waals surface area contributed by atoms with Gasteiger partial charge in [-0.15, -0.1) is 0 Å². The minimum absolute atomic E-state index is 0.00500. The average Bonchev–Trinajstić information content (AvgIpc) is 3.14. The first-order valence-electron chi connectivity index (χ1n) is 13.8. The zero-order valence-corrected chi connectivity index (χ0v) is 23.3. The van der Waals surface area contributed by atoms with Crippen molar-refractivity contribution in [1.82, 2.24) is 9.80 Å². The third kappa shape index (κ3) is 4.65. The van der Waals surface area contributed by atoms with Gasteiger partial charge < -0.3 is 24.4 Å². The summed E-state index contributed by atoms with van der Waals surface area (Å²) in [4.78, 5) is 45.4. The lowest BCUT2D eigenvalue weighted by Gasteiger charge is -2.45. The van der Waals surface area contributed by atoms with Gasteiger partial charge in [0.2, 0.25) is 11.8 Å². The summed E-state index contributed by atoms with van der Waals surface area (Å²) in [6, 6.07) is -0.975. The number of nitrogens with zero attached hydrogens (tertiary/aromatic N) is 2. The van der Waals surface area contributed by atoms with Gasteiger partial charge >= 0.3 is 5.97 Å². The fourth-order valence-corrected chi connectivity index (χ4v) is 7.32. The molecule has 4 heterocycles. The smallest absolute Gasteiger partial charge is 0.313 e. The van der Waals surface area contributed by atoms with E-state index in [0.717, 1.165) is 25.7 Å². The number of esters is 1. The Morgan fingerprint density at radius 2 is 1.76 bits per heavy atom. The monoisotopic (exact) mass is 516 g/mol. The van der Waals surface area contributed by atoms with Crippen LogP contribution in [0.5, 0.6) is 0 Å². The Balaban J connectivity index is 1.86. The molecule has 8 heteroatoms. The van der Waals surface area contributed by atoms with E-state index in [9.17, 15) is 19.5 Å². The Morgan fingerprint density at radius 3 is 2.41 bits per heavy atom.